The second-order valence-electron chi connectivity index (χ2n) is 2.17. The predicted molar refractivity (Wildman–Crippen MR) is 51.6 cm³/mol. The van der Waals surface area contributed by atoms with E-state index in [-0.39, 0.29) is 18.1 Å². The summed E-state index contributed by atoms with van der Waals surface area (Å²) in [5.74, 6) is -1.05. The molecule has 0 spiro atoms. The summed E-state index contributed by atoms with van der Waals surface area (Å²) in [5, 5.41) is 10.4. The molecule has 0 saturated carbocycles. The molecule has 4 nitrogen and oxygen atoms in total. The maximum Gasteiger partial charge on any atom is 0.303 e. The molecule has 0 radical (unpaired) electrons. The average molecular weight is 209 g/mol. The Morgan fingerprint density at radius 3 is 2.50 bits per heavy atom. The average Bonchev–Trinajstić information content (AvgIpc) is 2.00. The van der Waals surface area contributed by atoms with Gasteiger partial charge in [-0.25, -0.2) is 0 Å². The van der Waals surface area contributed by atoms with E-state index in [9.17, 15) is 9.59 Å². The van der Waals surface area contributed by atoms with Gasteiger partial charge in [0.2, 0.25) is 5.91 Å². The predicted octanol–water partition coefficient (Wildman–Crippen LogP) is 0.153. The van der Waals surface area contributed by atoms with Crippen molar-refractivity contribution >= 4 is 37.1 Å². The summed E-state index contributed by atoms with van der Waals surface area (Å²) < 4.78 is 0. The van der Waals surface area contributed by atoms with E-state index >= 15 is 0 Å². The third kappa shape index (κ3) is 6.36. The van der Waals surface area contributed by atoms with Gasteiger partial charge in [0.25, 0.3) is 0 Å². The number of hydrogen-bond acceptors (Lipinski definition) is 4. The van der Waals surface area contributed by atoms with Gasteiger partial charge in [0.1, 0.15) is 0 Å². The lowest BCUT2D eigenvalue weighted by atomic mass is 10.3. The molecule has 0 saturated heterocycles. The second kappa shape index (κ2) is 6.19. The molecule has 1 amide bonds. The number of carboxylic acid groups (broad SMARTS) is 1. The van der Waals surface area contributed by atoms with Crippen LogP contribution in [0.25, 0.3) is 0 Å². The molecular weight excluding hydrogens is 198 g/mol. The quantitative estimate of drug-likeness (QED) is 0.385. The minimum atomic E-state index is -0.894. The van der Waals surface area contributed by atoms with Crippen LogP contribution in [0.1, 0.15) is 12.8 Å². The number of amides is 1. The molecule has 2 N–H and O–H groups in total. The molecule has 1 atom stereocenters. The highest BCUT2D eigenvalue weighted by molar-refractivity contribution is 7.81. The summed E-state index contributed by atoms with van der Waals surface area (Å²) in [6, 6.07) is 0. The summed E-state index contributed by atoms with van der Waals surface area (Å²) >= 11 is 7.71. The van der Waals surface area contributed by atoms with Crippen LogP contribution >= 0.6 is 25.3 Å². The lowest BCUT2D eigenvalue weighted by Crippen LogP contribution is -2.32. The standard InChI is InChI=1S/C6H11NO3S2/c8-4(3-11)7-5(12)1-2-6(9)10/h5,11-12H,1-3H2,(H,7,8)(H,9,10). The third-order valence-electron chi connectivity index (χ3n) is 1.10. The Hall–Kier alpha value is -0.360. The fourth-order valence-electron chi connectivity index (χ4n) is 0.564. The van der Waals surface area contributed by atoms with Crippen LogP contribution in [0.3, 0.4) is 0 Å². The molecular formula is C6H11NO3S2. The van der Waals surface area contributed by atoms with Crippen molar-refractivity contribution in [1.82, 2.24) is 5.32 Å². The first-order valence-electron chi connectivity index (χ1n) is 3.36. The smallest absolute Gasteiger partial charge is 0.303 e. The van der Waals surface area contributed by atoms with E-state index in [0.29, 0.717) is 6.42 Å². The molecule has 6 heteroatoms. The van der Waals surface area contributed by atoms with Crippen LogP contribution in [-0.4, -0.2) is 28.1 Å². The Morgan fingerprint density at radius 1 is 1.50 bits per heavy atom. The van der Waals surface area contributed by atoms with Gasteiger partial charge in [0, 0.05) is 6.42 Å². The normalized spacial score (nSPS) is 12.2. The Labute approximate surface area is 81.5 Å². The van der Waals surface area contributed by atoms with Gasteiger partial charge in [-0.05, 0) is 6.42 Å². The maximum atomic E-state index is 10.7. The number of carbonyl (C=O) groups is 2. The third-order valence-corrected chi connectivity index (χ3v) is 1.78. The van der Waals surface area contributed by atoms with E-state index in [2.05, 4.69) is 30.6 Å². The fourth-order valence-corrected chi connectivity index (χ4v) is 0.928. The van der Waals surface area contributed by atoms with Crippen LogP contribution in [0.5, 0.6) is 0 Å². The summed E-state index contributed by atoms with van der Waals surface area (Å²) in [5.41, 5.74) is 0. The molecule has 0 heterocycles. The van der Waals surface area contributed by atoms with Crippen molar-refractivity contribution in [2.75, 3.05) is 5.75 Å². The number of nitrogens with one attached hydrogen (secondary N) is 1. The van der Waals surface area contributed by atoms with Crippen LogP contribution < -0.4 is 5.32 Å². The van der Waals surface area contributed by atoms with Crippen molar-refractivity contribution in [3.63, 3.8) is 0 Å². The van der Waals surface area contributed by atoms with Gasteiger partial charge in [0.15, 0.2) is 0 Å². The van der Waals surface area contributed by atoms with Crippen molar-refractivity contribution in [2.45, 2.75) is 18.2 Å². The molecule has 0 rings (SSSR count). The van der Waals surface area contributed by atoms with Crippen molar-refractivity contribution in [2.24, 2.45) is 0 Å². The molecule has 1 unspecified atom stereocenters. The van der Waals surface area contributed by atoms with Gasteiger partial charge in [0.05, 0.1) is 11.1 Å². The summed E-state index contributed by atoms with van der Waals surface area (Å²) in [6.45, 7) is 0. The second-order valence-corrected chi connectivity index (χ2v) is 3.11. The number of carbonyl (C=O) groups excluding carboxylic acids is 1. The number of hydrogen-bond donors (Lipinski definition) is 4. The number of carboxylic acids is 1. The number of thiol groups is 2. The van der Waals surface area contributed by atoms with Crippen LogP contribution in [0.4, 0.5) is 0 Å². The maximum absolute atomic E-state index is 10.7. The fraction of sp³-hybridized carbons (Fsp3) is 0.667. The topological polar surface area (TPSA) is 66.4 Å². The minimum absolute atomic E-state index is 0.00101. The monoisotopic (exact) mass is 209 g/mol. The van der Waals surface area contributed by atoms with Crippen molar-refractivity contribution in [3.8, 4) is 0 Å². The minimum Gasteiger partial charge on any atom is -0.481 e. The lowest BCUT2D eigenvalue weighted by Gasteiger charge is -2.09. The highest BCUT2D eigenvalue weighted by atomic mass is 32.1. The zero-order valence-electron chi connectivity index (χ0n) is 6.36. The zero-order valence-corrected chi connectivity index (χ0v) is 8.15. The van der Waals surface area contributed by atoms with Crippen molar-refractivity contribution in [3.05, 3.63) is 0 Å². The first-order chi connectivity index (χ1) is 5.56. The molecule has 0 aliphatic carbocycles. The summed E-state index contributed by atoms with van der Waals surface area (Å²) in [6.07, 6.45) is 0.318. The summed E-state index contributed by atoms with van der Waals surface area (Å²) in [4.78, 5) is 20.8. The Balaban J connectivity index is 3.52. The Bertz CT molecular complexity index is 174. The molecule has 0 fully saturated rings. The highest BCUT2D eigenvalue weighted by Gasteiger charge is 2.07. The molecule has 0 aromatic heterocycles. The van der Waals surface area contributed by atoms with Crippen LogP contribution in [0.15, 0.2) is 0 Å². The van der Waals surface area contributed by atoms with Gasteiger partial charge in [-0.2, -0.15) is 25.3 Å². The molecule has 0 aromatic carbocycles. The molecule has 0 bridgehead atoms. The van der Waals surface area contributed by atoms with E-state index in [0.717, 1.165) is 0 Å². The first-order valence-corrected chi connectivity index (χ1v) is 4.51. The first kappa shape index (κ1) is 11.6. The molecule has 0 aliphatic rings. The molecule has 0 aliphatic heterocycles. The zero-order chi connectivity index (χ0) is 9.56. The molecule has 12 heavy (non-hydrogen) atoms. The van der Waals surface area contributed by atoms with Crippen LogP contribution in [-0.2, 0) is 9.59 Å². The Morgan fingerprint density at radius 2 is 2.08 bits per heavy atom. The van der Waals surface area contributed by atoms with Crippen LogP contribution in [0.2, 0.25) is 0 Å². The number of rotatable bonds is 5. The molecule has 70 valence electrons. The summed E-state index contributed by atoms with van der Waals surface area (Å²) in [7, 11) is 0. The van der Waals surface area contributed by atoms with Crippen molar-refractivity contribution < 1.29 is 14.7 Å². The van der Waals surface area contributed by atoms with Gasteiger partial charge in [-0.3, -0.25) is 9.59 Å². The number of aliphatic carboxylic acids is 1. The van der Waals surface area contributed by atoms with Crippen LogP contribution in [0, 0.1) is 0 Å². The van der Waals surface area contributed by atoms with E-state index in [4.69, 9.17) is 5.11 Å². The lowest BCUT2D eigenvalue weighted by molar-refractivity contribution is -0.137. The molecule has 0 aromatic rings. The van der Waals surface area contributed by atoms with E-state index in [1.54, 1.807) is 0 Å². The highest BCUT2D eigenvalue weighted by Crippen LogP contribution is 2.00. The largest absolute Gasteiger partial charge is 0.481 e. The van der Waals surface area contributed by atoms with E-state index < -0.39 is 11.3 Å². The SMILES string of the molecule is O=C(O)CCC(S)NC(=O)CS. The Kier molecular flexibility index (Phi) is 6.00. The van der Waals surface area contributed by atoms with Crippen molar-refractivity contribution in [1.29, 1.82) is 0 Å². The van der Waals surface area contributed by atoms with Gasteiger partial charge >= 0.3 is 5.97 Å². The van der Waals surface area contributed by atoms with E-state index in [1.807, 2.05) is 0 Å². The van der Waals surface area contributed by atoms with Gasteiger partial charge < -0.3 is 10.4 Å². The van der Waals surface area contributed by atoms with E-state index in [1.165, 1.54) is 0 Å². The van der Waals surface area contributed by atoms with Gasteiger partial charge in [-0.1, -0.05) is 0 Å². The van der Waals surface area contributed by atoms with Gasteiger partial charge in [-0.15, -0.1) is 0 Å².